The van der Waals surface area contributed by atoms with E-state index in [2.05, 4.69) is 15.0 Å². The average Bonchev–Trinajstić information content (AvgIpc) is 3.57. The van der Waals surface area contributed by atoms with Gasteiger partial charge in [0.2, 0.25) is 0 Å². The second-order valence-corrected chi connectivity index (χ2v) is 15.5. The van der Waals surface area contributed by atoms with Gasteiger partial charge in [-0.2, -0.15) is 0 Å². The average molecular weight is 617 g/mol. The minimum Gasteiger partial charge on any atom is -0.444 e. The van der Waals surface area contributed by atoms with E-state index in [-0.39, 0.29) is 42.2 Å². The zero-order valence-corrected chi connectivity index (χ0v) is 26.7. The van der Waals surface area contributed by atoms with Crippen molar-refractivity contribution in [3.63, 3.8) is 0 Å². The van der Waals surface area contributed by atoms with Crippen LogP contribution < -0.4 is 0 Å². The number of rotatable bonds is 3. The fraction of sp³-hybridized carbons (Fsp3) is 0.588. The minimum atomic E-state index is -0.584. The predicted molar refractivity (Wildman–Crippen MR) is 164 cm³/mol. The molecular formula is C34H41FN6O4. The molecule has 3 aromatic rings. The molecule has 3 aliphatic carbocycles. The van der Waals surface area contributed by atoms with E-state index in [0.717, 1.165) is 48.5 Å². The van der Waals surface area contributed by atoms with E-state index in [1.165, 1.54) is 0 Å². The summed E-state index contributed by atoms with van der Waals surface area (Å²) in [5.74, 6) is 2.05. The number of amides is 2. The first kappa shape index (κ1) is 28.6. The Morgan fingerprint density at radius 1 is 0.822 bits per heavy atom. The molecule has 2 aliphatic heterocycles. The number of likely N-dealkylation sites (tertiary alicyclic amines) is 2. The molecule has 5 aliphatic rings. The van der Waals surface area contributed by atoms with Gasteiger partial charge in [-0.3, -0.25) is 9.80 Å². The normalized spacial score (nSPS) is 27.9. The Bertz CT molecular complexity index is 1720. The van der Waals surface area contributed by atoms with Gasteiger partial charge in [-0.15, -0.1) is 0 Å². The Kier molecular flexibility index (Phi) is 6.07. The Morgan fingerprint density at radius 2 is 1.40 bits per heavy atom. The maximum Gasteiger partial charge on any atom is 0.411 e. The number of hydrogen-bond donors (Lipinski definition) is 2. The Labute approximate surface area is 262 Å². The molecule has 2 aromatic heterocycles. The smallest absolute Gasteiger partial charge is 0.411 e. The van der Waals surface area contributed by atoms with Crippen LogP contribution in [0.5, 0.6) is 0 Å². The summed E-state index contributed by atoms with van der Waals surface area (Å²) in [6.45, 7) is 11.2. The van der Waals surface area contributed by atoms with Gasteiger partial charge in [0, 0.05) is 28.9 Å². The van der Waals surface area contributed by atoms with Crippen LogP contribution in [0.1, 0.15) is 102 Å². The molecule has 45 heavy (non-hydrogen) atoms. The predicted octanol–water partition coefficient (Wildman–Crippen LogP) is 6.85. The Balaban J connectivity index is 1.05. The highest BCUT2D eigenvalue weighted by Gasteiger charge is 2.57. The summed E-state index contributed by atoms with van der Waals surface area (Å²) in [6, 6.07) is 3.71. The summed E-state index contributed by atoms with van der Waals surface area (Å²) in [6.07, 6.45) is 5.87. The number of imidazole rings is 2. The molecule has 2 saturated carbocycles. The number of aromatic amines is 2. The first-order valence-electron chi connectivity index (χ1n) is 16.2. The van der Waals surface area contributed by atoms with Gasteiger partial charge in [-0.05, 0) is 104 Å². The van der Waals surface area contributed by atoms with Gasteiger partial charge in [0.15, 0.2) is 0 Å². The first-order valence-corrected chi connectivity index (χ1v) is 16.2. The van der Waals surface area contributed by atoms with Crippen LogP contribution in [0.15, 0.2) is 18.3 Å². The zero-order chi connectivity index (χ0) is 31.6. The van der Waals surface area contributed by atoms with Crippen LogP contribution in [0.25, 0.3) is 22.5 Å². The van der Waals surface area contributed by atoms with E-state index in [9.17, 15) is 9.59 Å². The summed E-state index contributed by atoms with van der Waals surface area (Å²) in [4.78, 5) is 46.3. The van der Waals surface area contributed by atoms with Crippen LogP contribution in [0.2, 0.25) is 0 Å². The van der Waals surface area contributed by atoms with Crippen LogP contribution in [0, 0.1) is 17.7 Å². The summed E-state index contributed by atoms with van der Waals surface area (Å²) in [5, 5.41) is 0. The molecule has 238 valence electrons. The Morgan fingerprint density at radius 3 is 2.00 bits per heavy atom. The van der Waals surface area contributed by atoms with Crippen molar-refractivity contribution < 1.29 is 23.5 Å². The standard InChI is InChI=1S/C34H41FN6O4/c1-33(2,3)44-31(42)40-23-11-16(23)13-25(40)29-36-15-22(38-29)20-8-7-19-18(27(20)35)9-10-21-28(19)39-30(37-21)26-14-17-12-24(17)41(26)32(43)45-34(4,5)6/h7-8,15-17,23-26H,9-14H2,1-6H3,(H,36,38)(H,37,39)/t16-,17-,23-,24-,25+,26+/m1/s1. The first-order chi connectivity index (χ1) is 21.3. The van der Waals surface area contributed by atoms with E-state index in [4.69, 9.17) is 14.5 Å². The van der Waals surface area contributed by atoms with Crippen LogP contribution in [0.4, 0.5) is 14.0 Å². The van der Waals surface area contributed by atoms with Crippen molar-refractivity contribution in [3.05, 3.63) is 47.1 Å². The van der Waals surface area contributed by atoms with Crippen molar-refractivity contribution in [1.82, 2.24) is 29.7 Å². The fourth-order valence-corrected chi connectivity index (χ4v) is 7.73. The van der Waals surface area contributed by atoms with Gasteiger partial charge in [-0.1, -0.05) is 6.07 Å². The number of hydrogen-bond acceptors (Lipinski definition) is 6. The number of piperidine rings is 2. The lowest BCUT2D eigenvalue weighted by molar-refractivity contribution is 0.0164. The van der Waals surface area contributed by atoms with Gasteiger partial charge in [0.1, 0.15) is 28.7 Å². The highest BCUT2D eigenvalue weighted by atomic mass is 19.1. The molecule has 10 nitrogen and oxygen atoms in total. The molecule has 0 spiro atoms. The molecule has 2 amide bonds. The van der Waals surface area contributed by atoms with Gasteiger partial charge in [0.05, 0.1) is 29.7 Å². The number of benzene rings is 1. The number of fused-ring (bicyclic) bond motifs is 5. The van der Waals surface area contributed by atoms with Gasteiger partial charge >= 0.3 is 12.2 Å². The molecule has 0 bridgehead atoms. The van der Waals surface area contributed by atoms with Gasteiger partial charge in [0.25, 0.3) is 0 Å². The van der Waals surface area contributed by atoms with Crippen LogP contribution >= 0.6 is 0 Å². The number of carbonyl (C=O) groups is 2. The van der Waals surface area contributed by atoms with E-state index >= 15 is 4.39 Å². The number of ether oxygens (including phenoxy) is 2. The summed E-state index contributed by atoms with van der Waals surface area (Å²) in [7, 11) is 0. The summed E-state index contributed by atoms with van der Waals surface area (Å²) >= 11 is 0. The number of nitrogens with one attached hydrogen (secondary N) is 2. The zero-order valence-electron chi connectivity index (χ0n) is 26.7. The monoisotopic (exact) mass is 616 g/mol. The maximum atomic E-state index is 16.2. The number of aryl methyl sites for hydroxylation is 1. The largest absolute Gasteiger partial charge is 0.444 e. The topological polar surface area (TPSA) is 116 Å². The quantitative estimate of drug-likeness (QED) is 0.333. The third-order valence-corrected chi connectivity index (χ3v) is 9.85. The van der Waals surface area contributed by atoms with Crippen molar-refractivity contribution in [2.45, 2.75) is 115 Å². The molecule has 2 saturated heterocycles. The molecule has 11 heteroatoms. The van der Waals surface area contributed by atoms with Crippen molar-refractivity contribution in [1.29, 1.82) is 0 Å². The lowest BCUT2D eigenvalue weighted by Gasteiger charge is -2.29. The van der Waals surface area contributed by atoms with E-state index in [1.54, 1.807) is 12.3 Å². The molecule has 1 aromatic carbocycles. The van der Waals surface area contributed by atoms with Crippen LogP contribution in [0.3, 0.4) is 0 Å². The Hall–Kier alpha value is -3.89. The number of carbonyl (C=O) groups excluding carboxylic acids is 2. The van der Waals surface area contributed by atoms with E-state index < -0.39 is 11.2 Å². The van der Waals surface area contributed by atoms with Crippen molar-refractivity contribution >= 4 is 12.2 Å². The summed E-state index contributed by atoms with van der Waals surface area (Å²) < 4.78 is 27.7. The third-order valence-electron chi connectivity index (χ3n) is 9.85. The molecule has 0 radical (unpaired) electrons. The molecule has 2 N–H and O–H groups in total. The molecule has 4 fully saturated rings. The molecule has 6 atom stereocenters. The molecular weight excluding hydrogens is 575 g/mol. The highest BCUT2D eigenvalue weighted by Crippen LogP contribution is 2.55. The summed E-state index contributed by atoms with van der Waals surface area (Å²) in [5.41, 5.74) is 3.01. The fourth-order valence-electron chi connectivity index (χ4n) is 7.73. The number of nitrogens with zero attached hydrogens (tertiary/aromatic N) is 4. The highest BCUT2D eigenvalue weighted by molar-refractivity contribution is 5.75. The number of halogens is 1. The van der Waals surface area contributed by atoms with Crippen molar-refractivity contribution in [2.24, 2.45) is 11.8 Å². The van der Waals surface area contributed by atoms with Gasteiger partial charge in [-0.25, -0.2) is 23.9 Å². The second kappa shape index (κ2) is 9.56. The molecule has 4 heterocycles. The second-order valence-electron chi connectivity index (χ2n) is 15.5. The third kappa shape index (κ3) is 4.89. The van der Waals surface area contributed by atoms with E-state index in [1.807, 2.05) is 57.4 Å². The van der Waals surface area contributed by atoms with Crippen LogP contribution in [-0.4, -0.2) is 65.2 Å². The molecule has 8 rings (SSSR count). The SMILES string of the molecule is CC(C)(C)OC(=O)N1[C@@H]2C[C@@H]2C[C@H]1c1ncc(-c2ccc3c(c2F)CCc2[nH]c([C@@H]4C[C@H]5C[C@H]5N4C(=O)OC(C)(C)C)nc2-3)[nH]1. The van der Waals surface area contributed by atoms with Crippen molar-refractivity contribution in [2.75, 3.05) is 0 Å². The van der Waals surface area contributed by atoms with E-state index in [0.29, 0.717) is 47.3 Å². The lowest BCUT2D eigenvalue weighted by atomic mass is 9.90. The number of aromatic nitrogens is 4. The van der Waals surface area contributed by atoms with Crippen LogP contribution in [-0.2, 0) is 22.3 Å². The van der Waals surface area contributed by atoms with Gasteiger partial charge < -0.3 is 19.4 Å². The molecule has 0 unspecified atom stereocenters. The number of H-pyrrole nitrogens is 2. The minimum absolute atomic E-state index is 0.174. The maximum absolute atomic E-state index is 16.2. The lowest BCUT2D eigenvalue weighted by Crippen LogP contribution is -2.38. The van der Waals surface area contributed by atoms with Crippen molar-refractivity contribution in [3.8, 4) is 22.5 Å².